The Bertz CT molecular complexity index is 352. The lowest BCUT2D eigenvalue weighted by Crippen LogP contribution is -2.50. The molecular formula is C15H26O3. The van der Waals surface area contributed by atoms with Crippen LogP contribution < -0.4 is 0 Å². The fraction of sp³-hybridized carbons (Fsp3) is 1.00. The molecule has 2 N–H and O–H groups in total. The molecule has 3 rings (SSSR count). The van der Waals surface area contributed by atoms with E-state index in [1.165, 1.54) is 0 Å². The maximum atomic E-state index is 10.7. The smallest absolute Gasteiger partial charge is 0.0948 e. The van der Waals surface area contributed by atoms with Crippen molar-refractivity contribution < 1.29 is 14.9 Å². The summed E-state index contributed by atoms with van der Waals surface area (Å²) in [7, 11) is 0. The normalized spacial score (nSPS) is 59.2. The molecule has 3 aliphatic rings. The van der Waals surface area contributed by atoms with Crippen LogP contribution in [0.1, 0.15) is 47.0 Å². The number of aliphatic hydroxyl groups excluding tert-OH is 1. The topological polar surface area (TPSA) is 49.7 Å². The van der Waals surface area contributed by atoms with Crippen LogP contribution in [0.15, 0.2) is 0 Å². The van der Waals surface area contributed by atoms with Gasteiger partial charge in [-0.15, -0.1) is 0 Å². The summed E-state index contributed by atoms with van der Waals surface area (Å²) in [5, 5.41) is 21.1. The summed E-state index contributed by atoms with van der Waals surface area (Å²) in [6.07, 6.45) is 2.38. The van der Waals surface area contributed by atoms with Gasteiger partial charge in [-0.2, -0.15) is 0 Å². The van der Waals surface area contributed by atoms with Gasteiger partial charge in [-0.1, -0.05) is 13.8 Å². The van der Waals surface area contributed by atoms with Gasteiger partial charge in [0.1, 0.15) is 0 Å². The van der Waals surface area contributed by atoms with Crippen molar-refractivity contribution in [2.24, 2.45) is 23.7 Å². The molecule has 2 aliphatic heterocycles. The van der Waals surface area contributed by atoms with Crippen molar-refractivity contribution in [3.05, 3.63) is 0 Å². The van der Waals surface area contributed by atoms with Crippen molar-refractivity contribution >= 4 is 0 Å². The van der Waals surface area contributed by atoms with Crippen LogP contribution in [0.5, 0.6) is 0 Å². The lowest BCUT2D eigenvalue weighted by Gasteiger charge is -2.43. The van der Waals surface area contributed by atoms with E-state index in [-0.39, 0.29) is 18.1 Å². The summed E-state index contributed by atoms with van der Waals surface area (Å²) in [6.45, 7) is 8.39. The Kier molecular flexibility index (Phi) is 2.66. The molecule has 0 amide bonds. The van der Waals surface area contributed by atoms with E-state index >= 15 is 0 Å². The number of ether oxygens (including phenoxy) is 1. The quantitative estimate of drug-likeness (QED) is 0.752. The van der Waals surface area contributed by atoms with Gasteiger partial charge in [-0.05, 0) is 50.9 Å². The predicted octanol–water partition coefficient (Wildman–Crippen LogP) is 1.96. The molecule has 1 aliphatic carbocycles. The Hall–Kier alpha value is -0.120. The maximum Gasteiger partial charge on any atom is 0.0948 e. The van der Waals surface area contributed by atoms with E-state index in [1.54, 1.807) is 0 Å². The van der Waals surface area contributed by atoms with E-state index in [4.69, 9.17) is 4.74 Å². The summed E-state index contributed by atoms with van der Waals surface area (Å²) in [4.78, 5) is 0. The van der Waals surface area contributed by atoms with E-state index in [1.807, 2.05) is 13.8 Å². The average Bonchev–Trinajstić information content (AvgIpc) is 2.70. The Labute approximate surface area is 110 Å². The third kappa shape index (κ3) is 1.47. The highest BCUT2D eigenvalue weighted by atomic mass is 16.5. The molecule has 18 heavy (non-hydrogen) atoms. The van der Waals surface area contributed by atoms with Crippen LogP contribution in [-0.4, -0.2) is 33.6 Å². The molecule has 3 fully saturated rings. The molecule has 7 atom stereocenters. The number of fused-ring (bicyclic) bond motifs is 5. The molecule has 2 bridgehead atoms. The zero-order valence-corrected chi connectivity index (χ0v) is 11.9. The van der Waals surface area contributed by atoms with Crippen LogP contribution in [0.3, 0.4) is 0 Å². The first-order valence-corrected chi connectivity index (χ1v) is 7.35. The monoisotopic (exact) mass is 254 g/mol. The first-order valence-electron chi connectivity index (χ1n) is 7.35. The highest BCUT2D eigenvalue weighted by Gasteiger charge is 2.67. The summed E-state index contributed by atoms with van der Waals surface area (Å²) < 4.78 is 6.26. The van der Waals surface area contributed by atoms with Crippen LogP contribution in [0.2, 0.25) is 0 Å². The van der Waals surface area contributed by atoms with Gasteiger partial charge in [0.2, 0.25) is 0 Å². The number of hydrogen-bond acceptors (Lipinski definition) is 3. The second-order valence-electron chi connectivity index (χ2n) is 7.45. The molecule has 0 aromatic rings. The molecule has 104 valence electrons. The van der Waals surface area contributed by atoms with Gasteiger partial charge in [0.15, 0.2) is 0 Å². The van der Waals surface area contributed by atoms with E-state index < -0.39 is 11.2 Å². The molecule has 3 nitrogen and oxygen atoms in total. The Morgan fingerprint density at radius 3 is 2.56 bits per heavy atom. The average molecular weight is 254 g/mol. The Balaban J connectivity index is 2.01. The lowest BCUT2D eigenvalue weighted by atomic mass is 9.76. The van der Waals surface area contributed by atoms with Gasteiger partial charge in [0, 0.05) is 5.92 Å². The fourth-order valence-electron chi connectivity index (χ4n) is 4.86. The van der Waals surface area contributed by atoms with Gasteiger partial charge in [0.25, 0.3) is 0 Å². The van der Waals surface area contributed by atoms with E-state index in [0.29, 0.717) is 17.8 Å². The van der Waals surface area contributed by atoms with E-state index in [9.17, 15) is 10.2 Å². The third-order valence-corrected chi connectivity index (χ3v) is 6.03. The van der Waals surface area contributed by atoms with Crippen LogP contribution in [0.25, 0.3) is 0 Å². The molecule has 2 saturated heterocycles. The standard InChI is InChI=1S/C15H26O3/c1-8(2)9-7-11(16)15(4)10-5-6-14(3,17)12(10)13(9)18-15/h8-13,16-17H,5-7H2,1-4H3/t9-,10+,11-,12+,13+,14-,15+/m0/s1. The lowest BCUT2D eigenvalue weighted by molar-refractivity contribution is -0.189. The highest BCUT2D eigenvalue weighted by molar-refractivity contribution is 5.15. The summed E-state index contributed by atoms with van der Waals surface area (Å²) in [5.74, 6) is 1.38. The van der Waals surface area contributed by atoms with Crippen LogP contribution in [0.4, 0.5) is 0 Å². The SMILES string of the molecule is CC(C)[C@@H]1C[C@H](O)[C@]2(C)O[C@H]1[C@H]1[C@H]2CC[C@]1(C)O. The molecule has 2 heterocycles. The first kappa shape index (κ1) is 12.9. The second-order valence-corrected chi connectivity index (χ2v) is 7.45. The van der Waals surface area contributed by atoms with E-state index in [2.05, 4.69) is 13.8 Å². The van der Waals surface area contributed by atoms with Crippen molar-refractivity contribution in [1.29, 1.82) is 0 Å². The van der Waals surface area contributed by atoms with Crippen molar-refractivity contribution in [2.75, 3.05) is 0 Å². The summed E-state index contributed by atoms with van der Waals surface area (Å²) >= 11 is 0. The Morgan fingerprint density at radius 2 is 1.94 bits per heavy atom. The van der Waals surface area contributed by atoms with Gasteiger partial charge in [-0.25, -0.2) is 0 Å². The third-order valence-electron chi connectivity index (χ3n) is 6.03. The first-order chi connectivity index (χ1) is 8.27. The summed E-state index contributed by atoms with van der Waals surface area (Å²) in [6, 6.07) is 0. The van der Waals surface area contributed by atoms with Crippen LogP contribution in [0, 0.1) is 23.7 Å². The van der Waals surface area contributed by atoms with Crippen LogP contribution >= 0.6 is 0 Å². The number of rotatable bonds is 1. The minimum Gasteiger partial charge on any atom is -0.390 e. The van der Waals surface area contributed by atoms with E-state index in [0.717, 1.165) is 19.3 Å². The molecular weight excluding hydrogens is 228 g/mol. The largest absolute Gasteiger partial charge is 0.390 e. The van der Waals surface area contributed by atoms with Crippen molar-refractivity contribution in [1.82, 2.24) is 0 Å². The molecule has 3 heteroatoms. The fourth-order valence-corrected chi connectivity index (χ4v) is 4.86. The molecule has 1 saturated carbocycles. The number of hydrogen-bond donors (Lipinski definition) is 2. The molecule has 0 spiro atoms. The van der Waals surface area contributed by atoms with Crippen molar-refractivity contribution in [3.8, 4) is 0 Å². The molecule has 0 unspecified atom stereocenters. The number of aliphatic hydroxyl groups is 2. The minimum atomic E-state index is -0.621. The molecule has 0 radical (unpaired) electrons. The highest BCUT2D eigenvalue weighted by Crippen LogP contribution is 2.61. The predicted molar refractivity (Wildman–Crippen MR) is 69.1 cm³/mol. The van der Waals surface area contributed by atoms with Gasteiger partial charge < -0.3 is 14.9 Å². The molecule has 0 aromatic carbocycles. The van der Waals surface area contributed by atoms with Gasteiger partial charge >= 0.3 is 0 Å². The van der Waals surface area contributed by atoms with Crippen molar-refractivity contribution in [2.45, 2.75) is 70.4 Å². The zero-order valence-electron chi connectivity index (χ0n) is 11.9. The summed E-state index contributed by atoms with van der Waals surface area (Å²) in [5.41, 5.74) is -1.05. The van der Waals surface area contributed by atoms with Crippen molar-refractivity contribution in [3.63, 3.8) is 0 Å². The Morgan fingerprint density at radius 1 is 1.28 bits per heavy atom. The van der Waals surface area contributed by atoms with Gasteiger partial charge in [-0.3, -0.25) is 0 Å². The minimum absolute atomic E-state index is 0.126. The molecule has 0 aromatic heterocycles. The maximum absolute atomic E-state index is 10.7. The zero-order chi connectivity index (χ0) is 13.3. The second kappa shape index (κ2) is 3.71. The van der Waals surface area contributed by atoms with Crippen LogP contribution in [-0.2, 0) is 4.74 Å². The van der Waals surface area contributed by atoms with Gasteiger partial charge in [0.05, 0.1) is 23.4 Å².